The summed E-state index contributed by atoms with van der Waals surface area (Å²) >= 11 is 0. The maximum Gasteiger partial charge on any atom is 0.340 e. The van der Waals surface area contributed by atoms with Crippen molar-refractivity contribution in [3.63, 3.8) is 0 Å². The molecule has 3 heteroatoms. The number of rotatable bonds is 3. The molecule has 1 fully saturated rings. The van der Waals surface area contributed by atoms with Gasteiger partial charge in [0.25, 0.3) is 0 Å². The van der Waals surface area contributed by atoms with Crippen molar-refractivity contribution in [2.75, 3.05) is 13.7 Å². The maximum absolute atomic E-state index is 5.85. The highest BCUT2D eigenvalue weighted by molar-refractivity contribution is 6.69. The van der Waals surface area contributed by atoms with Crippen LogP contribution in [0.15, 0.2) is 0 Å². The van der Waals surface area contributed by atoms with Crippen molar-refractivity contribution in [1.82, 2.24) is 0 Å². The number of hydrogen-bond donors (Lipinski definition) is 0. The zero-order valence-corrected chi connectivity index (χ0v) is 9.43. The Morgan fingerprint density at radius 3 is 2.67 bits per heavy atom. The van der Waals surface area contributed by atoms with E-state index in [0.717, 1.165) is 6.61 Å². The second-order valence-electron chi connectivity index (χ2n) is 3.60. The summed E-state index contributed by atoms with van der Waals surface area (Å²) in [5.41, 5.74) is 0.677. The normalized spacial score (nSPS) is 36.8. The molecule has 0 aromatic heterocycles. The zero-order chi connectivity index (χ0) is 9.03. The molecule has 1 heterocycles. The lowest BCUT2D eigenvalue weighted by Gasteiger charge is -2.37. The van der Waals surface area contributed by atoms with Crippen molar-refractivity contribution >= 4 is 8.56 Å². The van der Waals surface area contributed by atoms with E-state index < -0.39 is 8.56 Å². The topological polar surface area (TPSA) is 18.5 Å². The summed E-state index contributed by atoms with van der Waals surface area (Å²) < 4.78 is 11.5. The molecule has 0 N–H and O–H groups in total. The van der Waals surface area contributed by atoms with E-state index in [0.29, 0.717) is 5.54 Å². The van der Waals surface area contributed by atoms with Crippen molar-refractivity contribution < 1.29 is 8.85 Å². The molecule has 2 nitrogen and oxygen atoms in total. The highest BCUT2D eigenvalue weighted by atomic mass is 28.4. The van der Waals surface area contributed by atoms with Crippen LogP contribution in [0, 0.1) is 0 Å². The molecule has 0 aromatic rings. The summed E-state index contributed by atoms with van der Waals surface area (Å²) in [4.78, 5) is 0. The van der Waals surface area contributed by atoms with E-state index >= 15 is 0 Å². The third-order valence-electron chi connectivity index (χ3n) is 2.90. The molecule has 0 bridgehead atoms. The van der Waals surface area contributed by atoms with E-state index in [4.69, 9.17) is 8.85 Å². The first-order chi connectivity index (χ1) is 5.75. The summed E-state index contributed by atoms with van der Waals surface area (Å²) in [6.45, 7) is 5.16. The molecular weight excluding hydrogens is 168 g/mol. The van der Waals surface area contributed by atoms with Gasteiger partial charge in [-0.05, 0) is 24.9 Å². The fourth-order valence-electron chi connectivity index (χ4n) is 2.11. The van der Waals surface area contributed by atoms with Gasteiger partial charge < -0.3 is 8.85 Å². The maximum atomic E-state index is 5.85. The Balaban J connectivity index is 2.60. The smallest absolute Gasteiger partial charge is 0.340 e. The van der Waals surface area contributed by atoms with Gasteiger partial charge in [-0.2, -0.15) is 0 Å². The van der Waals surface area contributed by atoms with E-state index in [1.807, 2.05) is 7.11 Å². The minimum Gasteiger partial charge on any atom is -0.397 e. The quantitative estimate of drug-likeness (QED) is 0.634. The molecule has 2 atom stereocenters. The molecule has 0 aliphatic carbocycles. The molecule has 0 saturated carbocycles. The van der Waals surface area contributed by atoms with Crippen LogP contribution in [-0.2, 0) is 8.85 Å². The minimum atomic E-state index is -1.76. The monoisotopic (exact) mass is 188 g/mol. The summed E-state index contributed by atoms with van der Waals surface area (Å²) in [6, 6.07) is 1.19. The van der Waals surface area contributed by atoms with Crippen molar-refractivity contribution in [2.45, 2.75) is 44.7 Å². The van der Waals surface area contributed by atoms with Crippen LogP contribution >= 0.6 is 0 Å². The summed E-state index contributed by atoms with van der Waals surface area (Å²) in [6.07, 6.45) is 3.94. The van der Waals surface area contributed by atoms with E-state index in [-0.39, 0.29) is 0 Å². The molecule has 1 rings (SSSR count). The predicted molar refractivity (Wildman–Crippen MR) is 52.5 cm³/mol. The van der Waals surface area contributed by atoms with Crippen molar-refractivity contribution in [3.05, 3.63) is 0 Å². The Hall–Kier alpha value is 0.137. The molecule has 1 saturated heterocycles. The van der Waals surface area contributed by atoms with E-state index in [1.165, 1.54) is 25.3 Å². The van der Waals surface area contributed by atoms with Gasteiger partial charge in [-0.3, -0.25) is 0 Å². The molecule has 0 spiro atoms. The van der Waals surface area contributed by atoms with Gasteiger partial charge >= 0.3 is 8.56 Å². The molecule has 72 valence electrons. The van der Waals surface area contributed by atoms with Crippen molar-refractivity contribution in [3.8, 4) is 0 Å². The van der Waals surface area contributed by atoms with Crippen LogP contribution in [0.25, 0.3) is 0 Å². The highest BCUT2D eigenvalue weighted by Crippen LogP contribution is 2.38. The van der Waals surface area contributed by atoms with Crippen LogP contribution in [0.4, 0.5) is 0 Å². The average molecular weight is 188 g/mol. The first-order valence-corrected chi connectivity index (χ1v) is 7.04. The largest absolute Gasteiger partial charge is 0.397 e. The van der Waals surface area contributed by atoms with Crippen molar-refractivity contribution in [1.29, 1.82) is 0 Å². The van der Waals surface area contributed by atoms with Crippen LogP contribution in [0.1, 0.15) is 33.1 Å². The van der Waals surface area contributed by atoms with Gasteiger partial charge in [0.15, 0.2) is 0 Å². The van der Waals surface area contributed by atoms with Gasteiger partial charge in [0.2, 0.25) is 0 Å². The van der Waals surface area contributed by atoms with Gasteiger partial charge in [0.05, 0.1) is 0 Å². The molecule has 0 radical (unpaired) electrons. The van der Waals surface area contributed by atoms with Gasteiger partial charge in [-0.25, -0.2) is 0 Å². The lowest BCUT2D eigenvalue weighted by molar-refractivity contribution is 0.188. The highest BCUT2D eigenvalue weighted by Gasteiger charge is 2.43. The fraction of sp³-hybridized carbons (Fsp3) is 1.00. The molecular formula is C9H20O2Si. The summed E-state index contributed by atoms with van der Waals surface area (Å²) in [7, 11) is 0.0631. The summed E-state index contributed by atoms with van der Waals surface area (Å²) in [5, 5.41) is 0. The second kappa shape index (κ2) is 4.39. The average Bonchev–Trinajstić information content (AvgIpc) is 2.10. The van der Waals surface area contributed by atoms with E-state index in [1.54, 1.807) is 0 Å². The Kier molecular flexibility index (Phi) is 3.74. The van der Waals surface area contributed by atoms with Crippen molar-refractivity contribution in [2.24, 2.45) is 0 Å². The Bertz CT molecular complexity index is 136. The van der Waals surface area contributed by atoms with Crippen LogP contribution in [0.3, 0.4) is 0 Å². The van der Waals surface area contributed by atoms with Crippen LogP contribution in [0.2, 0.25) is 11.6 Å². The molecule has 0 aromatic carbocycles. The molecule has 1 aliphatic rings. The Morgan fingerprint density at radius 2 is 2.17 bits per heavy atom. The molecule has 2 unspecified atom stereocenters. The molecule has 1 aliphatic heterocycles. The molecule has 12 heavy (non-hydrogen) atoms. The van der Waals surface area contributed by atoms with Gasteiger partial charge in [-0.15, -0.1) is 0 Å². The first-order valence-electron chi connectivity index (χ1n) is 4.94. The van der Waals surface area contributed by atoms with Crippen LogP contribution in [-0.4, -0.2) is 22.3 Å². The third kappa shape index (κ3) is 1.89. The standard InChI is InChI=1S/C9H20O2Si/c1-4-11-12(10-3)8-6-5-7-9(12)2/h9H,4-8H2,1-3H3. The zero-order valence-electron chi connectivity index (χ0n) is 8.43. The predicted octanol–water partition coefficient (Wildman–Crippen LogP) is 2.69. The SMILES string of the molecule is CCO[Si]1(OC)CCCCC1C. The van der Waals surface area contributed by atoms with Gasteiger partial charge in [0, 0.05) is 13.7 Å². The minimum absolute atomic E-state index is 0.677. The number of hydrogen-bond acceptors (Lipinski definition) is 2. The Morgan fingerprint density at radius 1 is 1.42 bits per heavy atom. The van der Waals surface area contributed by atoms with Crippen LogP contribution in [0.5, 0.6) is 0 Å². The lowest BCUT2D eigenvalue weighted by Crippen LogP contribution is -2.46. The van der Waals surface area contributed by atoms with Gasteiger partial charge in [-0.1, -0.05) is 19.8 Å². The third-order valence-corrected chi connectivity index (χ3v) is 7.21. The van der Waals surface area contributed by atoms with Crippen LogP contribution < -0.4 is 0 Å². The van der Waals surface area contributed by atoms with E-state index in [9.17, 15) is 0 Å². The lowest BCUT2D eigenvalue weighted by atomic mass is 10.2. The molecule has 0 amide bonds. The Labute approximate surface area is 76.5 Å². The second-order valence-corrected chi connectivity index (χ2v) is 7.40. The van der Waals surface area contributed by atoms with Gasteiger partial charge in [0.1, 0.15) is 0 Å². The summed E-state index contributed by atoms with van der Waals surface area (Å²) in [5.74, 6) is 0. The first kappa shape index (κ1) is 10.2. The van der Waals surface area contributed by atoms with E-state index in [2.05, 4.69) is 13.8 Å². The fourth-order valence-corrected chi connectivity index (χ4v) is 5.63.